The molecule has 0 aliphatic carbocycles. The summed E-state index contributed by atoms with van der Waals surface area (Å²) in [6.07, 6.45) is 4.22. The molecule has 13 heavy (non-hydrogen) atoms. The van der Waals surface area contributed by atoms with Gasteiger partial charge >= 0.3 is 104 Å². The molecule has 1 saturated heterocycles. The Bertz CT molecular complexity index is 136. The van der Waals surface area contributed by atoms with Crippen molar-refractivity contribution in [2.75, 3.05) is 6.54 Å². The van der Waals surface area contributed by atoms with Crippen molar-refractivity contribution in [3.05, 3.63) is 0 Å². The standard InChI is InChI=1S/C10H20I2N/c1-4-10-7-13(12-11)9(3)6-5-8(10)2/h8-10H,4-7H2,1-3H3/q-1. The topological polar surface area (TPSA) is 3.24 Å². The molecule has 0 spiro atoms. The van der Waals surface area contributed by atoms with Gasteiger partial charge in [0, 0.05) is 0 Å². The predicted octanol–water partition coefficient (Wildman–Crippen LogP) is 0.487. The minimum absolute atomic E-state index is 0.279. The number of rotatable bonds is 2. The van der Waals surface area contributed by atoms with Crippen molar-refractivity contribution in [2.45, 2.75) is 46.1 Å². The van der Waals surface area contributed by atoms with Crippen molar-refractivity contribution in [3.63, 3.8) is 0 Å². The quantitative estimate of drug-likeness (QED) is 0.475. The zero-order valence-electron chi connectivity index (χ0n) is 8.76. The van der Waals surface area contributed by atoms with Crippen molar-refractivity contribution in [1.29, 1.82) is 0 Å². The van der Waals surface area contributed by atoms with E-state index >= 15 is 0 Å². The molecule has 0 bridgehead atoms. The first-order chi connectivity index (χ1) is 6.19. The van der Waals surface area contributed by atoms with Gasteiger partial charge in [0.15, 0.2) is 0 Å². The van der Waals surface area contributed by atoms with E-state index in [1.807, 2.05) is 0 Å². The Morgan fingerprint density at radius 2 is 2.08 bits per heavy atom. The summed E-state index contributed by atoms with van der Waals surface area (Å²) in [6.45, 7) is 8.56. The molecule has 1 aliphatic rings. The molecule has 0 amide bonds. The second kappa shape index (κ2) is 6.10. The fourth-order valence-corrected chi connectivity index (χ4v) is 6.79. The van der Waals surface area contributed by atoms with Gasteiger partial charge in [-0.25, -0.2) is 0 Å². The van der Waals surface area contributed by atoms with Crippen LogP contribution in [-0.4, -0.2) is 15.7 Å². The molecule has 1 fully saturated rings. The molecule has 0 aromatic carbocycles. The van der Waals surface area contributed by atoms with Gasteiger partial charge in [0.2, 0.25) is 0 Å². The summed E-state index contributed by atoms with van der Waals surface area (Å²) < 4.78 is 2.75. The van der Waals surface area contributed by atoms with E-state index in [-0.39, 0.29) is 17.5 Å². The second-order valence-corrected chi connectivity index (χ2v) is 8.27. The minimum atomic E-state index is 0.279. The first-order valence-corrected chi connectivity index (χ1v) is 12.5. The molecule has 1 heterocycles. The van der Waals surface area contributed by atoms with Gasteiger partial charge in [-0.15, -0.1) is 0 Å². The summed E-state index contributed by atoms with van der Waals surface area (Å²) in [6, 6.07) is 0.851. The Kier molecular flexibility index (Phi) is 5.86. The Labute approximate surface area is 103 Å². The molecule has 1 rings (SSSR count). The molecule has 3 atom stereocenters. The SMILES string of the molecule is CCC1CN([I-]I)C(C)CCC1C. The Morgan fingerprint density at radius 1 is 1.38 bits per heavy atom. The Hall–Kier alpha value is 1.42. The van der Waals surface area contributed by atoms with Crippen molar-refractivity contribution >= 4 is 18.6 Å². The molecule has 0 N–H and O–H groups in total. The molecule has 3 heteroatoms. The van der Waals surface area contributed by atoms with Crippen LogP contribution in [0, 0.1) is 11.8 Å². The van der Waals surface area contributed by atoms with E-state index in [0.29, 0.717) is 0 Å². The molecule has 0 radical (unpaired) electrons. The summed E-state index contributed by atoms with van der Waals surface area (Å²) in [7, 11) is 0. The molecule has 0 aromatic rings. The van der Waals surface area contributed by atoms with Crippen LogP contribution in [0.1, 0.15) is 40.0 Å². The number of halogens is 2. The molecule has 3 unspecified atom stereocenters. The number of hydrogen-bond donors (Lipinski definition) is 0. The van der Waals surface area contributed by atoms with E-state index < -0.39 is 0 Å². The van der Waals surface area contributed by atoms with Gasteiger partial charge in [0.1, 0.15) is 0 Å². The molecule has 0 aromatic heterocycles. The fraction of sp³-hybridized carbons (Fsp3) is 1.00. The van der Waals surface area contributed by atoms with Gasteiger partial charge in [-0.05, 0) is 0 Å². The van der Waals surface area contributed by atoms with E-state index in [1.54, 1.807) is 0 Å². The van der Waals surface area contributed by atoms with Crippen molar-refractivity contribution in [1.82, 2.24) is 3.11 Å². The summed E-state index contributed by atoms with van der Waals surface area (Å²) >= 11 is 2.89. The Balaban J connectivity index is 2.58. The number of nitrogens with zero attached hydrogens (tertiary/aromatic N) is 1. The van der Waals surface area contributed by atoms with E-state index in [2.05, 4.69) is 42.5 Å². The summed E-state index contributed by atoms with van der Waals surface area (Å²) in [5.41, 5.74) is 0. The van der Waals surface area contributed by atoms with Crippen LogP contribution in [0.2, 0.25) is 0 Å². The first kappa shape index (κ1) is 12.5. The van der Waals surface area contributed by atoms with Crippen molar-refractivity contribution in [3.8, 4) is 0 Å². The van der Waals surface area contributed by atoms with Gasteiger partial charge in [-0.1, -0.05) is 0 Å². The third kappa shape index (κ3) is 3.48. The van der Waals surface area contributed by atoms with Crippen LogP contribution in [0.25, 0.3) is 0 Å². The zero-order valence-corrected chi connectivity index (χ0v) is 13.1. The third-order valence-corrected chi connectivity index (χ3v) is 8.29. The first-order valence-electron chi connectivity index (χ1n) is 5.21. The van der Waals surface area contributed by atoms with E-state index in [4.69, 9.17) is 0 Å². The molecular weight excluding hydrogens is 388 g/mol. The molecular formula is C10H20I2N-. The fourth-order valence-electron chi connectivity index (χ4n) is 2.08. The van der Waals surface area contributed by atoms with Gasteiger partial charge in [0.05, 0.1) is 0 Å². The molecule has 80 valence electrons. The zero-order chi connectivity index (χ0) is 9.84. The van der Waals surface area contributed by atoms with Gasteiger partial charge < -0.3 is 0 Å². The van der Waals surface area contributed by atoms with Gasteiger partial charge in [-0.3, -0.25) is 0 Å². The van der Waals surface area contributed by atoms with Crippen molar-refractivity contribution < 1.29 is 17.5 Å². The van der Waals surface area contributed by atoms with Crippen LogP contribution in [0.5, 0.6) is 0 Å². The average molecular weight is 408 g/mol. The van der Waals surface area contributed by atoms with Crippen LogP contribution in [0.4, 0.5) is 0 Å². The van der Waals surface area contributed by atoms with Gasteiger partial charge in [-0.2, -0.15) is 0 Å². The maximum absolute atomic E-state index is 2.75. The summed E-state index contributed by atoms with van der Waals surface area (Å²) in [5, 5.41) is 0. The van der Waals surface area contributed by atoms with Crippen LogP contribution in [0.15, 0.2) is 0 Å². The number of hydrogen-bond acceptors (Lipinski definition) is 1. The van der Waals surface area contributed by atoms with Crippen LogP contribution < -0.4 is 17.5 Å². The predicted molar refractivity (Wildman–Crippen MR) is 62.4 cm³/mol. The van der Waals surface area contributed by atoms with Crippen LogP contribution in [0.3, 0.4) is 0 Å². The summed E-state index contributed by atoms with van der Waals surface area (Å²) in [5.74, 6) is 1.91. The normalized spacial score (nSPS) is 37.7. The van der Waals surface area contributed by atoms with E-state index in [0.717, 1.165) is 17.9 Å². The van der Waals surface area contributed by atoms with E-state index in [1.165, 1.54) is 25.8 Å². The molecule has 1 aliphatic heterocycles. The maximum atomic E-state index is 2.75. The second-order valence-electron chi connectivity index (χ2n) is 4.22. The molecule has 0 saturated carbocycles. The molecule has 1 nitrogen and oxygen atoms in total. The summed E-state index contributed by atoms with van der Waals surface area (Å²) in [4.78, 5) is 0. The van der Waals surface area contributed by atoms with Crippen LogP contribution in [-0.2, 0) is 0 Å². The third-order valence-electron chi connectivity index (χ3n) is 3.34. The van der Waals surface area contributed by atoms with Crippen LogP contribution >= 0.6 is 18.6 Å². The average Bonchev–Trinajstić information content (AvgIpc) is 2.27. The van der Waals surface area contributed by atoms with E-state index in [9.17, 15) is 0 Å². The van der Waals surface area contributed by atoms with Gasteiger partial charge in [0.25, 0.3) is 0 Å². The Morgan fingerprint density at radius 3 is 2.62 bits per heavy atom. The van der Waals surface area contributed by atoms with Crippen molar-refractivity contribution in [2.24, 2.45) is 11.8 Å². The monoisotopic (exact) mass is 408 g/mol.